The van der Waals surface area contributed by atoms with Crippen LogP contribution in [0.15, 0.2) is 30.4 Å². The Morgan fingerprint density at radius 2 is 1.93 bits per heavy atom. The number of amides is 4. The fraction of sp³-hybridized carbons (Fsp3) is 0.634. The van der Waals surface area contributed by atoms with Gasteiger partial charge in [0.1, 0.15) is 40.9 Å². The van der Waals surface area contributed by atoms with Crippen LogP contribution in [0.25, 0.3) is 10.9 Å². The lowest BCUT2D eigenvalue weighted by Gasteiger charge is -2.43. The van der Waals surface area contributed by atoms with Gasteiger partial charge in [0.25, 0.3) is 5.91 Å². The molecular weight excluding hydrogens is 758 g/mol. The van der Waals surface area contributed by atoms with Gasteiger partial charge in [-0.05, 0) is 90.8 Å². The van der Waals surface area contributed by atoms with E-state index in [1.807, 2.05) is 19.1 Å². The van der Waals surface area contributed by atoms with Crippen molar-refractivity contribution in [1.82, 2.24) is 24.8 Å². The van der Waals surface area contributed by atoms with Gasteiger partial charge in [-0.25, -0.2) is 22.6 Å². The number of rotatable bonds is 7. The Balaban J connectivity index is 1.32. The molecule has 0 bridgehead atoms. The van der Waals surface area contributed by atoms with Crippen LogP contribution in [0.4, 0.5) is 9.18 Å². The molecule has 3 aliphatic heterocycles. The number of nitrogens with zero attached hydrogens (tertiary/aromatic N) is 3. The van der Waals surface area contributed by atoms with Gasteiger partial charge in [0.15, 0.2) is 0 Å². The maximum Gasteiger partial charge on any atom is 0.408 e. The van der Waals surface area contributed by atoms with Crippen molar-refractivity contribution < 1.29 is 46.6 Å². The van der Waals surface area contributed by atoms with Crippen molar-refractivity contribution in [2.45, 2.75) is 151 Å². The number of carbonyl (C=O) groups excluding carboxylic acids is 3. The Kier molecular flexibility index (Phi) is 10.5. The Labute approximate surface area is 333 Å². The molecule has 3 fully saturated rings. The summed E-state index contributed by atoms with van der Waals surface area (Å²) in [6.45, 7) is 8.52. The lowest BCUT2D eigenvalue weighted by atomic mass is 9.82. The molecule has 1 spiro atoms. The molecule has 0 radical (unpaired) electrons. The van der Waals surface area contributed by atoms with Gasteiger partial charge in [-0.1, -0.05) is 31.9 Å². The fourth-order valence-corrected chi connectivity index (χ4v) is 10.5. The average Bonchev–Trinajstić information content (AvgIpc) is 4.07. The zero-order valence-corrected chi connectivity index (χ0v) is 34.3. The summed E-state index contributed by atoms with van der Waals surface area (Å²) in [7, 11) is -2.55. The van der Waals surface area contributed by atoms with Crippen molar-refractivity contribution in [2.24, 2.45) is 5.92 Å². The van der Waals surface area contributed by atoms with Crippen molar-refractivity contribution >= 4 is 44.7 Å². The average molecular weight is 812 g/mol. The number of methoxy groups -OCH3 is 1. The number of nitrogens with one attached hydrogen (secondary N) is 2. The summed E-state index contributed by atoms with van der Waals surface area (Å²) in [4.78, 5) is 64.1. The number of aromatic nitrogens is 1. The minimum Gasteiger partial charge on any atom is -0.497 e. The summed E-state index contributed by atoms with van der Waals surface area (Å²) >= 11 is 0. The van der Waals surface area contributed by atoms with Crippen molar-refractivity contribution in [1.29, 1.82) is 0 Å². The van der Waals surface area contributed by atoms with E-state index in [0.717, 1.165) is 11.3 Å². The summed E-state index contributed by atoms with van der Waals surface area (Å²) in [5.41, 5.74) is -1.84. The molecule has 2 saturated carbocycles. The van der Waals surface area contributed by atoms with Gasteiger partial charge in [-0.15, -0.1) is 0 Å². The van der Waals surface area contributed by atoms with Gasteiger partial charge in [0, 0.05) is 35.8 Å². The zero-order chi connectivity index (χ0) is 41.2. The highest BCUT2D eigenvalue weighted by Crippen LogP contribution is 2.54. The molecule has 8 atom stereocenters. The molecule has 14 nitrogen and oxygen atoms in total. The number of sulfonamides is 1. The predicted molar refractivity (Wildman–Crippen MR) is 209 cm³/mol. The number of carboxylic acid groups (broad SMARTS) is 1. The third-order valence-corrected chi connectivity index (χ3v) is 15.5. The van der Waals surface area contributed by atoms with Gasteiger partial charge in [-0.2, -0.15) is 0 Å². The maximum atomic E-state index is 17.0. The monoisotopic (exact) mass is 811 g/mol. The summed E-state index contributed by atoms with van der Waals surface area (Å²) in [5.74, 6) is -2.03. The Bertz CT molecular complexity index is 2130. The number of carbonyl (C=O) groups is 4. The van der Waals surface area contributed by atoms with Crippen LogP contribution < -0.4 is 19.5 Å². The van der Waals surface area contributed by atoms with Crippen LogP contribution in [0.5, 0.6) is 11.5 Å². The fourth-order valence-electron chi connectivity index (χ4n) is 9.14. The smallest absolute Gasteiger partial charge is 0.408 e. The van der Waals surface area contributed by atoms with Gasteiger partial charge in [0.2, 0.25) is 21.8 Å². The van der Waals surface area contributed by atoms with E-state index in [4.69, 9.17) is 14.5 Å². The quantitative estimate of drug-likeness (QED) is 0.297. The molecule has 7 rings (SSSR count). The van der Waals surface area contributed by atoms with Crippen molar-refractivity contribution in [3.05, 3.63) is 41.6 Å². The molecule has 4 heterocycles. The number of pyridine rings is 1. The van der Waals surface area contributed by atoms with Crippen LogP contribution in [0.3, 0.4) is 0 Å². The molecule has 57 heavy (non-hydrogen) atoms. The van der Waals surface area contributed by atoms with E-state index >= 15 is 9.18 Å². The molecule has 310 valence electrons. The number of aryl methyl sites for hydroxylation is 1. The number of fused-ring (bicyclic) bond motifs is 5. The first-order valence-corrected chi connectivity index (χ1v) is 21.6. The summed E-state index contributed by atoms with van der Waals surface area (Å²) in [6, 6.07) is 1.18. The van der Waals surface area contributed by atoms with E-state index < -0.39 is 86.0 Å². The zero-order valence-electron chi connectivity index (χ0n) is 33.5. The molecule has 2 aliphatic carbocycles. The number of benzene rings is 1. The van der Waals surface area contributed by atoms with E-state index in [0.29, 0.717) is 60.9 Å². The molecule has 16 heteroatoms. The van der Waals surface area contributed by atoms with E-state index in [1.165, 1.54) is 12.0 Å². The maximum absolute atomic E-state index is 17.0. The Morgan fingerprint density at radius 1 is 1.19 bits per heavy atom. The lowest BCUT2D eigenvalue weighted by molar-refractivity contribution is -0.146. The molecule has 2 aromatic rings. The standard InChI is InChI=1S/C41H54FN5O9S/c1-7-23(2)46(38(51)52)31-14-12-10-8-9-11-13-26-20-41(26,37(50)45-57(53,54)39(5)17-18-39)44-35(48)32-22-40(25(4)47(32)36(31)49)21-29(42)33-28-19-27(55-6)15-16-30(28)43-24(3)34(33)56-40/h11,13,15-16,19,23,25-26,29,31-32H,7-10,12,14,17-18,20-22H2,1-6H3,(H,44,48)(H,45,50)(H,51,52)/b13-11-/t23?,25?,26-,29-,31+,32+,40-,41-/m1/s1. The minimum atomic E-state index is -4.06. The van der Waals surface area contributed by atoms with E-state index in [-0.39, 0.29) is 37.0 Å². The number of ether oxygens (including phenoxy) is 2. The molecule has 1 aromatic carbocycles. The molecule has 3 N–H and O–H groups in total. The van der Waals surface area contributed by atoms with Crippen LogP contribution in [0.1, 0.15) is 116 Å². The number of hydrogen-bond donors (Lipinski definition) is 3. The first kappa shape index (κ1) is 40.7. The lowest BCUT2D eigenvalue weighted by Crippen LogP contribution is -2.61. The second-order valence-corrected chi connectivity index (χ2v) is 19.2. The third-order valence-electron chi connectivity index (χ3n) is 13.3. The highest BCUT2D eigenvalue weighted by Gasteiger charge is 2.65. The minimum absolute atomic E-state index is 0.135. The van der Waals surface area contributed by atoms with Crippen LogP contribution in [0.2, 0.25) is 0 Å². The highest BCUT2D eigenvalue weighted by molar-refractivity contribution is 7.91. The van der Waals surface area contributed by atoms with Gasteiger partial charge >= 0.3 is 6.09 Å². The first-order valence-electron chi connectivity index (χ1n) is 20.1. The number of halogens is 1. The normalized spacial score (nSPS) is 32.0. The van der Waals surface area contributed by atoms with E-state index in [9.17, 15) is 27.9 Å². The topological polar surface area (TPSA) is 185 Å². The van der Waals surface area contributed by atoms with Crippen LogP contribution in [0, 0.1) is 12.8 Å². The summed E-state index contributed by atoms with van der Waals surface area (Å²) in [6.07, 6.45) is 4.58. The second kappa shape index (κ2) is 14.7. The van der Waals surface area contributed by atoms with Gasteiger partial charge < -0.3 is 24.8 Å². The summed E-state index contributed by atoms with van der Waals surface area (Å²) < 4.78 is 56.9. The van der Waals surface area contributed by atoms with E-state index in [2.05, 4.69) is 10.0 Å². The van der Waals surface area contributed by atoms with E-state index in [1.54, 1.807) is 45.9 Å². The largest absolute Gasteiger partial charge is 0.497 e. The predicted octanol–water partition coefficient (Wildman–Crippen LogP) is 5.61. The van der Waals surface area contributed by atoms with Crippen molar-refractivity contribution in [3.8, 4) is 11.5 Å². The molecule has 1 aromatic heterocycles. The SMILES string of the molecule is CCC(C)N(C(=O)O)[C@H]1CCCCC/C=C\[C@@H]2C[C@@]2(C(=O)NS(=O)(=O)C2(C)CC2)NC(=O)[C@@H]2C[C@]3(C[C@@H](F)c4c(c(C)nc5ccc(OC)cc45)O3)C(C)N2C1=O. The Hall–Kier alpha value is -4.47. The molecule has 1 saturated heterocycles. The second-order valence-electron chi connectivity index (χ2n) is 17.0. The molecular formula is C41H54FN5O9S. The summed E-state index contributed by atoms with van der Waals surface area (Å²) in [5, 5.41) is 13.9. The van der Waals surface area contributed by atoms with Gasteiger partial charge in [0.05, 0.1) is 29.1 Å². The number of allylic oxidation sites excluding steroid dienone is 1. The molecule has 5 aliphatic rings. The first-order chi connectivity index (χ1) is 26.9. The molecule has 4 amide bonds. The van der Waals surface area contributed by atoms with Crippen LogP contribution in [-0.4, -0.2) is 99.3 Å². The van der Waals surface area contributed by atoms with Crippen molar-refractivity contribution in [3.63, 3.8) is 0 Å². The third kappa shape index (κ3) is 6.98. The van der Waals surface area contributed by atoms with Crippen molar-refractivity contribution in [2.75, 3.05) is 7.11 Å². The van der Waals surface area contributed by atoms with Crippen LogP contribution >= 0.6 is 0 Å². The molecule has 2 unspecified atom stereocenters. The Morgan fingerprint density at radius 3 is 2.60 bits per heavy atom. The highest BCUT2D eigenvalue weighted by atomic mass is 32.2. The number of hydrogen-bond acceptors (Lipinski definition) is 9. The number of alkyl halides is 1. The van der Waals surface area contributed by atoms with Gasteiger partial charge in [-0.3, -0.25) is 24.0 Å². The van der Waals surface area contributed by atoms with Crippen LogP contribution in [-0.2, 0) is 24.4 Å².